The molecule has 0 bridgehead atoms. The summed E-state index contributed by atoms with van der Waals surface area (Å²) in [5, 5.41) is 1.49. The van der Waals surface area contributed by atoms with Gasteiger partial charge in [-0.05, 0) is 37.3 Å². The maximum atomic E-state index is 12.0. The van der Waals surface area contributed by atoms with Gasteiger partial charge in [0, 0.05) is 21.6 Å². The number of H-pyrrole nitrogens is 2. The Kier molecular flexibility index (Phi) is 3.73. The number of ether oxygens (including phenoxy) is 1. The summed E-state index contributed by atoms with van der Waals surface area (Å²) in [4.78, 5) is 29.3. The van der Waals surface area contributed by atoms with Crippen molar-refractivity contribution in [1.82, 2.24) is 9.97 Å². The summed E-state index contributed by atoms with van der Waals surface area (Å²) < 4.78 is 5.17. The quantitative estimate of drug-likeness (QED) is 0.729. The van der Waals surface area contributed by atoms with E-state index in [1.807, 2.05) is 18.2 Å². The zero-order chi connectivity index (χ0) is 15.7. The molecule has 5 nitrogen and oxygen atoms in total. The fourth-order valence-electron chi connectivity index (χ4n) is 2.21. The minimum atomic E-state index is -0.661. The van der Waals surface area contributed by atoms with E-state index in [1.165, 1.54) is 6.07 Å². The van der Waals surface area contributed by atoms with E-state index in [-0.39, 0.29) is 12.2 Å². The molecule has 3 rings (SSSR count). The summed E-state index contributed by atoms with van der Waals surface area (Å²) in [6, 6.07) is 10.4. The van der Waals surface area contributed by atoms with Crippen molar-refractivity contribution < 1.29 is 9.53 Å². The highest BCUT2D eigenvalue weighted by molar-refractivity contribution is 6.35. The van der Waals surface area contributed by atoms with E-state index < -0.39 is 11.5 Å². The Morgan fingerprint density at radius 2 is 2.05 bits per heavy atom. The van der Waals surface area contributed by atoms with E-state index in [1.54, 1.807) is 19.1 Å². The monoisotopic (exact) mass is 316 g/mol. The molecular weight excluding hydrogens is 304 g/mol. The molecule has 22 heavy (non-hydrogen) atoms. The van der Waals surface area contributed by atoms with E-state index in [0.29, 0.717) is 16.4 Å². The average Bonchev–Trinajstić information content (AvgIpc) is 2.89. The molecular formula is C16H13ClN2O3. The summed E-state index contributed by atoms with van der Waals surface area (Å²) in [6.07, 6.45) is 0. The van der Waals surface area contributed by atoms with E-state index in [4.69, 9.17) is 16.3 Å². The van der Waals surface area contributed by atoms with Gasteiger partial charge >= 0.3 is 5.97 Å². The number of aromatic nitrogens is 2. The Labute approximate surface area is 130 Å². The molecule has 0 saturated carbocycles. The van der Waals surface area contributed by atoms with Crippen LogP contribution in [0.2, 0.25) is 5.02 Å². The molecule has 0 saturated heterocycles. The Hall–Kier alpha value is -2.53. The van der Waals surface area contributed by atoms with Gasteiger partial charge in [-0.25, -0.2) is 4.79 Å². The lowest BCUT2D eigenvalue weighted by Crippen LogP contribution is -2.19. The second-order valence-electron chi connectivity index (χ2n) is 4.96. The van der Waals surface area contributed by atoms with Gasteiger partial charge < -0.3 is 14.7 Å². The van der Waals surface area contributed by atoms with Gasteiger partial charge in [-0.2, -0.15) is 0 Å². The molecule has 2 heterocycles. The van der Waals surface area contributed by atoms with Gasteiger partial charge in [0.2, 0.25) is 0 Å². The Bertz CT molecular complexity index is 911. The summed E-state index contributed by atoms with van der Waals surface area (Å²) in [7, 11) is 0. The fourth-order valence-corrected chi connectivity index (χ4v) is 2.44. The van der Waals surface area contributed by atoms with Crippen molar-refractivity contribution in [3.63, 3.8) is 0 Å². The van der Waals surface area contributed by atoms with Gasteiger partial charge in [-0.1, -0.05) is 17.7 Å². The number of halogens is 1. The Morgan fingerprint density at radius 3 is 2.77 bits per heavy atom. The molecule has 2 N–H and O–H groups in total. The first-order valence-corrected chi connectivity index (χ1v) is 7.05. The smallest absolute Gasteiger partial charge is 0.344 e. The van der Waals surface area contributed by atoms with Crippen molar-refractivity contribution in [2.45, 2.75) is 13.5 Å². The van der Waals surface area contributed by atoms with Crippen LogP contribution in [0.4, 0.5) is 0 Å². The summed E-state index contributed by atoms with van der Waals surface area (Å²) in [5.41, 5.74) is 1.79. The maximum absolute atomic E-state index is 12.0. The predicted molar refractivity (Wildman–Crippen MR) is 84.2 cm³/mol. The molecule has 6 heteroatoms. The number of aromatic amines is 2. The van der Waals surface area contributed by atoms with Crippen LogP contribution >= 0.6 is 11.6 Å². The number of hydrogen-bond donors (Lipinski definition) is 2. The van der Waals surface area contributed by atoms with Crippen molar-refractivity contribution in [2.75, 3.05) is 0 Å². The highest BCUT2D eigenvalue weighted by Gasteiger charge is 2.13. The largest absolute Gasteiger partial charge is 0.456 e. The zero-order valence-corrected chi connectivity index (χ0v) is 12.5. The van der Waals surface area contributed by atoms with Crippen molar-refractivity contribution in [3.8, 4) is 0 Å². The summed E-state index contributed by atoms with van der Waals surface area (Å²) >= 11 is 6.09. The molecule has 0 amide bonds. The molecule has 0 atom stereocenters. The van der Waals surface area contributed by atoms with Crippen LogP contribution in [0.25, 0.3) is 10.9 Å². The average molecular weight is 317 g/mol. The molecule has 0 radical (unpaired) electrons. The van der Waals surface area contributed by atoms with Gasteiger partial charge in [0.1, 0.15) is 12.2 Å². The molecule has 0 spiro atoms. The first kappa shape index (κ1) is 14.4. The van der Waals surface area contributed by atoms with Crippen molar-refractivity contribution in [2.24, 2.45) is 0 Å². The number of benzene rings is 1. The number of fused-ring (bicyclic) bond motifs is 1. The number of esters is 1. The third-order valence-corrected chi connectivity index (χ3v) is 3.63. The SMILES string of the molecule is Cc1ccc(C(=O)OCc2cc3c(Cl)cccc3[nH]2)c(=O)[nH]1. The third kappa shape index (κ3) is 2.76. The first-order chi connectivity index (χ1) is 10.5. The number of pyridine rings is 1. The van der Waals surface area contributed by atoms with Gasteiger partial charge in [-0.3, -0.25) is 4.79 Å². The Balaban J connectivity index is 1.77. The van der Waals surface area contributed by atoms with E-state index in [0.717, 1.165) is 10.9 Å². The molecule has 0 aliphatic heterocycles. The van der Waals surface area contributed by atoms with E-state index in [9.17, 15) is 9.59 Å². The minimum absolute atomic E-state index is 0.0141. The van der Waals surface area contributed by atoms with Crippen LogP contribution < -0.4 is 5.56 Å². The molecule has 0 aliphatic rings. The lowest BCUT2D eigenvalue weighted by atomic mass is 10.2. The molecule has 2 aromatic heterocycles. The minimum Gasteiger partial charge on any atom is -0.456 e. The van der Waals surface area contributed by atoms with E-state index >= 15 is 0 Å². The zero-order valence-electron chi connectivity index (χ0n) is 11.8. The molecule has 0 fully saturated rings. The molecule has 0 aliphatic carbocycles. The number of nitrogens with one attached hydrogen (secondary N) is 2. The lowest BCUT2D eigenvalue weighted by Gasteiger charge is -2.03. The van der Waals surface area contributed by atoms with Crippen LogP contribution in [0, 0.1) is 6.92 Å². The third-order valence-electron chi connectivity index (χ3n) is 3.30. The van der Waals surface area contributed by atoms with Crippen LogP contribution in [0.5, 0.6) is 0 Å². The molecule has 1 aromatic carbocycles. The summed E-state index contributed by atoms with van der Waals surface area (Å²) in [5.74, 6) is -0.661. The van der Waals surface area contributed by atoms with Gasteiger partial charge in [0.25, 0.3) is 5.56 Å². The van der Waals surface area contributed by atoms with Crippen molar-refractivity contribution in [1.29, 1.82) is 0 Å². The summed E-state index contributed by atoms with van der Waals surface area (Å²) in [6.45, 7) is 1.78. The molecule has 3 aromatic rings. The van der Waals surface area contributed by atoms with Crippen LogP contribution in [-0.4, -0.2) is 15.9 Å². The second-order valence-corrected chi connectivity index (χ2v) is 5.36. The number of carbonyl (C=O) groups is 1. The maximum Gasteiger partial charge on any atom is 0.344 e. The fraction of sp³-hybridized carbons (Fsp3) is 0.125. The lowest BCUT2D eigenvalue weighted by molar-refractivity contribution is 0.0466. The standard InChI is InChI=1S/C16H13ClN2O3/c1-9-5-6-11(15(20)18-9)16(21)22-8-10-7-12-13(17)3-2-4-14(12)19-10/h2-7,19H,8H2,1H3,(H,18,20). The van der Waals surface area contributed by atoms with Gasteiger partial charge in [0.15, 0.2) is 0 Å². The van der Waals surface area contributed by atoms with Crippen LogP contribution in [0.1, 0.15) is 21.7 Å². The van der Waals surface area contributed by atoms with Crippen LogP contribution in [-0.2, 0) is 11.3 Å². The van der Waals surface area contributed by atoms with Gasteiger partial charge in [-0.15, -0.1) is 0 Å². The number of rotatable bonds is 3. The number of carbonyl (C=O) groups excluding carboxylic acids is 1. The highest BCUT2D eigenvalue weighted by Crippen LogP contribution is 2.24. The van der Waals surface area contributed by atoms with Crippen molar-refractivity contribution in [3.05, 3.63) is 68.7 Å². The normalized spacial score (nSPS) is 10.8. The van der Waals surface area contributed by atoms with Crippen molar-refractivity contribution >= 4 is 28.5 Å². The predicted octanol–water partition coefficient (Wildman–Crippen LogP) is 3.18. The Morgan fingerprint density at radius 1 is 1.23 bits per heavy atom. The second kappa shape index (κ2) is 5.69. The number of aryl methyl sites for hydroxylation is 1. The van der Waals surface area contributed by atoms with Crippen LogP contribution in [0.15, 0.2) is 41.2 Å². The van der Waals surface area contributed by atoms with E-state index in [2.05, 4.69) is 9.97 Å². The molecule has 112 valence electrons. The molecule has 0 unspecified atom stereocenters. The van der Waals surface area contributed by atoms with Gasteiger partial charge in [0.05, 0.1) is 5.69 Å². The highest BCUT2D eigenvalue weighted by atomic mass is 35.5. The topological polar surface area (TPSA) is 75.0 Å². The number of hydrogen-bond acceptors (Lipinski definition) is 3. The first-order valence-electron chi connectivity index (χ1n) is 6.68. The van der Waals surface area contributed by atoms with Crippen LogP contribution in [0.3, 0.4) is 0 Å².